The molecule has 11 heteroatoms. The van der Waals surface area contributed by atoms with Crippen LogP contribution >= 0.6 is 11.8 Å². The Balaban J connectivity index is 1.63. The number of methoxy groups -OCH3 is 1. The van der Waals surface area contributed by atoms with Crippen LogP contribution in [0.4, 0.5) is 35.0 Å². The summed E-state index contributed by atoms with van der Waals surface area (Å²) in [5.74, 6) is -1.09. The van der Waals surface area contributed by atoms with E-state index in [1.54, 1.807) is 62.4 Å². The monoisotopic (exact) mass is 557 g/mol. The average molecular weight is 558 g/mol. The number of thioether (sulfide) groups is 1. The van der Waals surface area contributed by atoms with E-state index in [0.29, 0.717) is 22.5 Å². The maximum atomic E-state index is 13.7. The molecule has 0 unspecified atom stereocenters. The minimum absolute atomic E-state index is 0.00100. The van der Waals surface area contributed by atoms with Gasteiger partial charge < -0.3 is 15.0 Å². The number of halogens is 3. The molecular weight excluding hydrogens is 531 g/mol. The fourth-order valence-electron chi connectivity index (χ4n) is 4.30. The van der Waals surface area contributed by atoms with Gasteiger partial charge in [-0.15, -0.1) is 11.8 Å². The highest BCUT2D eigenvalue weighted by Gasteiger charge is 2.52. The summed E-state index contributed by atoms with van der Waals surface area (Å²) < 4.78 is 45.7. The molecule has 0 aromatic heterocycles. The Morgan fingerprint density at radius 2 is 1.69 bits per heavy atom. The third kappa shape index (κ3) is 5.44. The zero-order chi connectivity index (χ0) is 28.5. The van der Waals surface area contributed by atoms with Gasteiger partial charge in [-0.25, -0.2) is 14.5 Å². The second-order valence-electron chi connectivity index (χ2n) is 9.30. The lowest BCUT2D eigenvalue weighted by Gasteiger charge is -2.28. The van der Waals surface area contributed by atoms with Crippen LogP contribution in [0.1, 0.15) is 35.3 Å². The average Bonchev–Trinajstić information content (AvgIpc) is 3.07. The molecular formula is C28H26F3N3O4S. The summed E-state index contributed by atoms with van der Waals surface area (Å²) in [7, 11) is 1.30. The van der Waals surface area contributed by atoms with Gasteiger partial charge in [-0.2, -0.15) is 13.2 Å². The smallest absolute Gasteiger partial charge is 0.417 e. The Hall–Kier alpha value is -3.99. The summed E-state index contributed by atoms with van der Waals surface area (Å²) in [6, 6.07) is 16.5. The number of hydrogen-bond acceptors (Lipinski definition) is 6. The first-order valence-corrected chi connectivity index (χ1v) is 13.1. The molecule has 3 aromatic carbocycles. The lowest BCUT2D eigenvalue weighted by molar-refractivity contribution is -0.139. The number of nitrogens with one attached hydrogen (secondary N) is 1. The van der Waals surface area contributed by atoms with Gasteiger partial charge >= 0.3 is 18.2 Å². The topological polar surface area (TPSA) is 79.0 Å². The van der Waals surface area contributed by atoms with Gasteiger partial charge in [0.25, 0.3) is 5.91 Å². The number of imide groups is 1. The molecule has 7 nitrogen and oxygen atoms in total. The standard InChI is InChI=1S/C28H26F3N3O4S/c1-27(2)25(36)34(20-13-14-23(39-4)21(15-20)28(29,30)31)26(37)33(27)16-18-7-5-6-8-22(18)32-19-11-9-17(10-12-19)24(35)38-3/h5-15,32H,16H2,1-4H3. The van der Waals surface area contributed by atoms with Crippen LogP contribution in [-0.2, 0) is 22.3 Å². The van der Waals surface area contributed by atoms with Gasteiger partial charge in [0.05, 0.1) is 30.5 Å². The second kappa shape index (κ2) is 10.6. The van der Waals surface area contributed by atoms with E-state index < -0.39 is 35.2 Å². The van der Waals surface area contributed by atoms with Gasteiger partial charge in [0, 0.05) is 16.3 Å². The van der Waals surface area contributed by atoms with E-state index in [2.05, 4.69) is 5.32 Å². The maximum Gasteiger partial charge on any atom is 0.417 e. The normalized spacial score (nSPS) is 15.1. The molecule has 4 rings (SSSR count). The lowest BCUT2D eigenvalue weighted by Crippen LogP contribution is -2.43. The van der Waals surface area contributed by atoms with Crippen molar-refractivity contribution < 1.29 is 32.3 Å². The Morgan fingerprint density at radius 1 is 1.03 bits per heavy atom. The highest BCUT2D eigenvalue weighted by Crippen LogP contribution is 2.41. The Labute approximate surface area is 227 Å². The zero-order valence-electron chi connectivity index (χ0n) is 21.6. The van der Waals surface area contributed by atoms with E-state index in [9.17, 15) is 27.6 Å². The van der Waals surface area contributed by atoms with E-state index in [1.165, 1.54) is 30.4 Å². The first kappa shape index (κ1) is 28.0. The number of ether oxygens (including phenoxy) is 1. The molecule has 0 radical (unpaired) electrons. The van der Waals surface area contributed by atoms with Gasteiger partial charge in [-0.3, -0.25) is 4.79 Å². The molecule has 0 atom stereocenters. The Bertz CT molecular complexity index is 1420. The van der Waals surface area contributed by atoms with Crippen LogP contribution in [0.25, 0.3) is 0 Å². The predicted molar refractivity (Wildman–Crippen MR) is 143 cm³/mol. The molecule has 0 aliphatic carbocycles. The molecule has 1 aliphatic heterocycles. The molecule has 0 spiro atoms. The minimum Gasteiger partial charge on any atom is -0.465 e. The number of anilines is 3. The first-order chi connectivity index (χ1) is 18.4. The van der Waals surface area contributed by atoms with Crippen molar-refractivity contribution in [2.24, 2.45) is 0 Å². The van der Waals surface area contributed by atoms with Gasteiger partial charge in [0.2, 0.25) is 0 Å². The van der Waals surface area contributed by atoms with E-state index in [4.69, 9.17) is 4.74 Å². The fourth-order valence-corrected chi connectivity index (χ4v) is 4.90. The van der Waals surface area contributed by atoms with Crippen molar-refractivity contribution in [2.75, 3.05) is 23.6 Å². The number of para-hydroxylation sites is 1. The molecule has 1 N–H and O–H groups in total. The number of benzene rings is 3. The van der Waals surface area contributed by atoms with Crippen LogP contribution in [-0.4, -0.2) is 41.7 Å². The number of carbonyl (C=O) groups is 3. The highest BCUT2D eigenvalue weighted by molar-refractivity contribution is 7.98. The maximum absolute atomic E-state index is 13.7. The van der Waals surface area contributed by atoms with E-state index in [0.717, 1.165) is 22.7 Å². The number of amides is 3. The van der Waals surface area contributed by atoms with Gasteiger partial charge in [0.15, 0.2) is 0 Å². The molecule has 0 saturated carbocycles. The van der Waals surface area contributed by atoms with Crippen LogP contribution in [0.15, 0.2) is 71.6 Å². The number of hydrogen-bond donors (Lipinski definition) is 1. The van der Waals surface area contributed by atoms with Crippen LogP contribution in [0.2, 0.25) is 0 Å². The van der Waals surface area contributed by atoms with E-state index in [1.807, 2.05) is 0 Å². The summed E-state index contributed by atoms with van der Waals surface area (Å²) in [6.45, 7) is 3.15. The van der Waals surface area contributed by atoms with E-state index >= 15 is 0 Å². The molecule has 1 fully saturated rings. The summed E-state index contributed by atoms with van der Waals surface area (Å²) in [5.41, 5.74) is 0.0378. The van der Waals surface area contributed by atoms with Crippen molar-refractivity contribution in [1.29, 1.82) is 0 Å². The number of nitrogens with zero attached hydrogens (tertiary/aromatic N) is 2. The van der Waals surface area contributed by atoms with Crippen molar-refractivity contribution in [3.63, 3.8) is 0 Å². The predicted octanol–water partition coefficient (Wildman–Crippen LogP) is 6.70. The largest absolute Gasteiger partial charge is 0.465 e. The molecule has 1 heterocycles. The van der Waals surface area contributed by atoms with Crippen molar-refractivity contribution in [1.82, 2.24) is 4.90 Å². The summed E-state index contributed by atoms with van der Waals surface area (Å²) in [4.78, 5) is 40.8. The Kier molecular flexibility index (Phi) is 7.65. The summed E-state index contributed by atoms with van der Waals surface area (Å²) in [6.07, 6.45) is -3.12. The van der Waals surface area contributed by atoms with Crippen molar-refractivity contribution in [3.8, 4) is 0 Å². The molecule has 3 amide bonds. The minimum atomic E-state index is -4.64. The van der Waals surface area contributed by atoms with Crippen molar-refractivity contribution in [3.05, 3.63) is 83.4 Å². The van der Waals surface area contributed by atoms with Crippen LogP contribution in [0.5, 0.6) is 0 Å². The zero-order valence-corrected chi connectivity index (χ0v) is 22.4. The molecule has 1 aliphatic rings. The van der Waals surface area contributed by atoms with Crippen LogP contribution in [0, 0.1) is 0 Å². The summed E-state index contributed by atoms with van der Waals surface area (Å²) >= 11 is 0.934. The molecule has 3 aromatic rings. The van der Waals surface area contributed by atoms with Gasteiger partial charge in [-0.1, -0.05) is 18.2 Å². The highest BCUT2D eigenvalue weighted by atomic mass is 32.2. The molecule has 0 bridgehead atoms. The van der Waals surface area contributed by atoms with Crippen molar-refractivity contribution >= 4 is 46.7 Å². The SMILES string of the molecule is COC(=O)c1ccc(Nc2ccccc2CN2C(=O)N(c3ccc(SC)c(C(F)(F)F)c3)C(=O)C2(C)C)cc1. The quantitative estimate of drug-likeness (QED) is 0.198. The summed E-state index contributed by atoms with van der Waals surface area (Å²) in [5, 5.41) is 3.25. The lowest BCUT2D eigenvalue weighted by atomic mass is 10.0. The second-order valence-corrected chi connectivity index (χ2v) is 10.1. The fraction of sp³-hybridized carbons (Fsp3) is 0.250. The number of rotatable bonds is 7. The Morgan fingerprint density at radius 3 is 2.31 bits per heavy atom. The molecule has 1 saturated heterocycles. The molecule has 204 valence electrons. The van der Waals surface area contributed by atoms with Crippen LogP contribution in [0.3, 0.4) is 0 Å². The van der Waals surface area contributed by atoms with Crippen LogP contribution < -0.4 is 10.2 Å². The van der Waals surface area contributed by atoms with Crippen molar-refractivity contribution in [2.45, 2.75) is 37.0 Å². The molecule has 39 heavy (non-hydrogen) atoms. The van der Waals surface area contributed by atoms with Gasteiger partial charge in [0.1, 0.15) is 5.54 Å². The number of carbonyl (C=O) groups excluding carboxylic acids is 3. The van der Waals surface area contributed by atoms with Gasteiger partial charge in [-0.05, 0) is 74.2 Å². The third-order valence-corrected chi connectivity index (χ3v) is 7.30. The number of esters is 1. The number of alkyl halides is 3. The first-order valence-electron chi connectivity index (χ1n) is 11.8. The third-order valence-electron chi connectivity index (χ3n) is 6.50. The van der Waals surface area contributed by atoms with E-state index in [-0.39, 0.29) is 17.1 Å². The number of urea groups is 1.